The molecule has 10 aromatic carbocycles. The van der Waals surface area contributed by atoms with E-state index in [9.17, 15) is 0 Å². The summed E-state index contributed by atoms with van der Waals surface area (Å²) in [5.74, 6) is 4.93. The lowest BCUT2D eigenvalue weighted by Crippen LogP contribution is -2.08. The summed E-state index contributed by atoms with van der Waals surface area (Å²) in [5, 5.41) is 6.12. The summed E-state index contributed by atoms with van der Waals surface area (Å²) < 4.78 is 0. The Morgan fingerprint density at radius 1 is 0.158 bits per heavy atom. The van der Waals surface area contributed by atoms with Gasteiger partial charge in [0.15, 0.2) is 46.6 Å². The average Bonchev–Trinajstić information content (AvgIpc) is 3.54. The van der Waals surface area contributed by atoms with Crippen LogP contribution in [0.3, 0.4) is 0 Å². The zero-order valence-electron chi connectivity index (χ0n) is 40.3. The van der Waals surface area contributed by atoms with Gasteiger partial charge in [0.2, 0.25) is 23.3 Å². The molecule has 0 radical (unpaired) electrons. The topological polar surface area (TPSA) is 155 Å². The van der Waals surface area contributed by atoms with Gasteiger partial charge in [0, 0.05) is 44.5 Å². The highest BCUT2D eigenvalue weighted by Crippen LogP contribution is 2.42. The van der Waals surface area contributed by atoms with E-state index in [2.05, 4.69) is 48.5 Å². The zero-order chi connectivity index (χ0) is 50.4. The van der Waals surface area contributed by atoms with Crippen LogP contribution in [-0.4, -0.2) is 59.8 Å². The lowest BCUT2D eigenvalue weighted by molar-refractivity contribution is 0.978. The molecule has 0 saturated carbocycles. The highest BCUT2D eigenvalue weighted by Gasteiger charge is 2.24. The third-order valence-corrected chi connectivity index (χ3v) is 13.3. The largest absolute Gasteiger partial charge is 0.208 e. The SMILES string of the molecule is c1ccc(-c2nc(-c3ccccc3)nc(-c3nc(-c4nc(-c5ccccc5)nc(-c5ccccc5)n4)nc(-c4ccc5ccc6c(-c7nc(-c8ccccc8)nc(-c8ccccc8)n7)ccc7ccc4c5c76)n3)n2)cc1. The predicted molar refractivity (Wildman–Crippen MR) is 298 cm³/mol. The van der Waals surface area contributed by atoms with Gasteiger partial charge in [-0.05, 0) is 44.5 Å². The van der Waals surface area contributed by atoms with Crippen LogP contribution in [0.5, 0.6) is 0 Å². The smallest absolute Gasteiger partial charge is 0.202 e. The third-order valence-electron chi connectivity index (χ3n) is 13.3. The fraction of sp³-hybridized carbons (Fsp3) is 0. The van der Waals surface area contributed by atoms with E-state index in [1.54, 1.807) is 0 Å². The van der Waals surface area contributed by atoms with Crippen LogP contribution < -0.4 is 0 Å². The minimum absolute atomic E-state index is 0.214. The first-order chi connectivity index (χ1) is 37.6. The monoisotopic (exact) mass is 974 g/mol. The van der Waals surface area contributed by atoms with Crippen molar-refractivity contribution in [3.8, 4) is 114 Å². The summed E-state index contributed by atoms with van der Waals surface area (Å²) in [6.45, 7) is 0. The summed E-state index contributed by atoms with van der Waals surface area (Å²) in [6, 6.07) is 76.4. The van der Waals surface area contributed by atoms with Crippen LogP contribution >= 0.6 is 0 Å². The van der Waals surface area contributed by atoms with Gasteiger partial charge in [0.05, 0.1) is 0 Å². The highest BCUT2D eigenvalue weighted by atomic mass is 15.1. The molecule has 14 aromatic rings. The van der Waals surface area contributed by atoms with E-state index in [1.165, 1.54) is 0 Å². The Kier molecular flexibility index (Phi) is 10.8. The first-order valence-corrected chi connectivity index (χ1v) is 24.7. The minimum atomic E-state index is 0.214. The van der Waals surface area contributed by atoms with E-state index in [4.69, 9.17) is 59.8 Å². The molecular formula is C64H38N12. The molecule has 0 N–H and O–H groups in total. The van der Waals surface area contributed by atoms with E-state index < -0.39 is 0 Å². The Bertz CT molecular complexity index is 4120. The molecule has 0 unspecified atom stereocenters. The molecule has 0 aliphatic heterocycles. The second-order valence-corrected chi connectivity index (χ2v) is 18.1. The molecule has 0 saturated heterocycles. The number of hydrogen-bond donors (Lipinski definition) is 0. The maximum atomic E-state index is 5.28. The summed E-state index contributed by atoms with van der Waals surface area (Å²) in [5.41, 5.74) is 6.68. The van der Waals surface area contributed by atoms with Crippen molar-refractivity contribution in [3.63, 3.8) is 0 Å². The predicted octanol–water partition coefficient (Wildman–Crippen LogP) is 14.0. The molecule has 0 atom stereocenters. The van der Waals surface area contributed by atoms with Crippen LogP contribution in [0.15, 0.2) is 231 Å². The Morgan fingerprint density at radius 2 is 0.355 bits per heavy atom. The molecule has 4 aromatic heterocycles. The first-order valence-electron chi connectivity index (χ1n) is 24.7. The minimum Gasteiger partial charge on any atom is -0.208 e. The third kappa shape index (κ3) is 8.17. The number of nitrogens with zero attached hydrogens (tertiary/aromatic N) is 12. The van der Waals surface area contributed by atoms with Gasteiger partial charge < -0.3 is 0 Å². The number of hydrogen-bond acceptors (Lipinski definition) is 12. The van der Waals surface area contributed by atoms with Crippen molar-refractivity contribution >= 4 is 32.3 Å². The van der Waals surface area contributed by atoms with Crippen LogP contribution in [0.2, 0.25) is 0 Å². The van der Waals surface area contributed by atoms with Gasteiger partial charge in [-0.2, -0.15) is 0 Å². The molecule has 12 heteroatoms. The lowest BCUT2D eigenvalue weighted by Gasteiger charge is -2.16. The van der Waals surface area contributed by atoms with Crippen LogP contribution in [-0.2, 0) is 0 Å². The average molecular weight is 975 g/mol. The molecule has 14 rings (SSSR count). The fourth-order valence-corrected chi connectivity index (χ4v) is 9.63. The van der Waals surface area contributed by atoms with Crippen LogP contribution in [0, 0.1) is 0 Å². The van der Waals surface area contributed by atoms with Gasteiger partial charge in [0.25, 0.3) is 0 Å². The van der Waals surface area contributed by atoms with E-state index in [0.29, 0.717) is 46.6 Å². The van der Waals surface area contributed by atoms with E-state index in [1.807, 2.05) is 182 Å². The van der Waals surface area contributed by atoms with Crippen molar-refractivity contribution in [2.45, 2.75) is 0 Å². The molecule has 354 valence electrons. The summed E-state index contributed by atoms with van der Waals surface area (Å²) in [4.78, 5) is 61.2. The van der Waals surface area contributed by atoms with Gasteiger partial charge in [-0.25, -0.2) is 59.8 Å². The van der Waals surface area contributed by atoms with E-state index in [-0.39, 0.29) is 23.3 Å². The van der Waals surface area contributed by atoms with Gasteiger partial charge in [-0.15, -0.1) is 0 Å². The number of aromatic nitrogens is 12. The van der Waals surface area contributed by atoms with Crippen molar-refractivity contribution in [2.75, 3.05) is 0 Å². The molecule has 0 aliphatic carbocycles. The van der Waals surface area contributed by atoms with Gasteiger partial charge in [-0.3, -0.25) is 0 Å². The Labute approximate surface area is 435 Å². The van der Waals surface area contributed by atoms with E-state index >= 15 is 0 Å². The van der Waals surface area contributed by atoms with Crippen molar-refractivity contribution in [1.82, 2.24) is 59.8 Å². The molecule has 12 nitrogen and oxygen atoms in total. The normalized spacial score (nSPS) is 11.4. The highest BCUT2D eigenvalue weighted by molar-refractivity contribution is 6.27. The van der Waals surface area contributed by atoms with Crippen LogP contribution in [0.25, 0.3) is 147 Å². The van der Waals surface area contributed by atoms with Crippen molar-refractivity contribution in [3.05, 3.63) is 231 Å². The van der Waals surface area contributed by atoms with Gasteiger partial charge >= 0.3 is 0 Å². The molecule has 0 amide bonds. The van der Waals surface area contributed by atoms with Crippen molar-refractivity contribution in [1.29, 1.82) is 0 Å². The Balaban J connectivity index is 1.00. The summed E-state index contributed by atoms with van der Waals surface area (Å²) in [7, 11) is 0. The van der Waals surface area contributed by atoms with Crippen LogP contribution in [0.4, 0.5) is 0 Å². The van der Waals surface area contributed by atoms with Crippen molar-refractivity contribution in [2.24, 2.45) is 0 Å². The Hall–Kier alpha value is -10.7. The zero-order valence-corrected chi connectivity index (χ0v) is 40.3. The Morgan fingerprint density at radius 3 is 0.618 bits per heavy atom. The molecule has 0 aliphatic rings. The fourth-order valence-electron chi connectivity index (χ4n) is 9.63. The molecular weight excluding hydrogens is 937 g/mol. The second kappa shape index (κ2) is 18.7. The number of benzene rings is 10. The standard InChI is InChI=1S/C64H38N12/c1-7-19-41(20-8-1)53-65-54(42-21-9-2-10-22-42)69-59(68-53)49-37-33-39-32-36-48-50(38-34-40-31-35-47(49)51(39)52(40)48)60-74-63(61-70-55(43-23-11-3-12-24-43)66-56(71-61)44-25-13-4-14-26-44)76-64(75-60)62-72-57(45-27-15-5-16-28-45)67-58(73-62)46-29-17-6-18-30-46/h1-38H. The lowest BCUT2D eigenvalue weighted by atomic mass is 9.89. The molecule has 0 bridgehead atoms. The molecule has 0 spiro atoms. The molecule has 76 heavy (non-hydrogen) atoms. The van der Waals surface area contributed by atoms with Gasteiger partial charge in [0.1, 0.15) is 0 Å². The molecule has 0 fully saturated rings. The van der Waals surface area contributed by atoms with Crippen LogP contribution in [0.1, 0.15) is 0 Å². The van der Waals surface area contributed by atoms with Gasteiger partial charge in [-0.1, -0.05) is 218 Å². The maximum absolute atomic E-state index is 5.28. The maximum Gasteiger partial charge on any atom is 0.202 e. The second-order valence-electron chi connectivity index (χ2n) is 18.1. The summed E-state index contributed by atoms with van der Waals surface area (Å²) in [6.07, 6.45) is 0. The molecule has 4 heterocycles. The summed E-state index contributed by atoms with van der Waals surface area (Å²) >= 11 is 0. The quantitative estimate of drug-likeness (QED) is 0.120. The number of rotatable bonds is 10. The van der Waals surface area contributed by atoms with Crippen molar-refractivity contribution < 1.29 is 0 Å². The first kappa shape index (κ1) is 44.0. The van der Waals surface area contributed by atoms with E-state index in [0.717, 1.165) is 76.8 Å².